The maximum Gasteiger partial charge on any atom is 0.492 e. The molecule has 0 fully saturated rings. The standard InChI is InChI=1S/C6H7BrN4O5/c7-5-8-6(11(15)16)9-10(5)2-3(12)1-4(13)14/h3,12H,1-2H2,(H,13,14). The van der Waals surface area contributed by atoms with E-state index in [1.165, 1.54) is 0 Å². The van der Waals surface area contributed by atoms with Crippen LogP contribution in [0, 0.1) is 10.1 Å². The summed E-state index contributed by atoms with van der Waals surface area (Å²) in [5, 5.41) is 31.5. The first-order valence-corrected chi connectivity index (χ1v) is 4.84. The molecule has 16 heavy (non-hydrogen) atoms. The van der Waals surface area contributed by atoms with Crippen molar-refractivity contribution in [2.75, 3.05) is 0 Å². The molecule has 1 unspecified atom stereocenters. The number of carboxylic acid groups (broad SMARTS) is 1. The summed E-state index contributed by atoms with van der Waals surface area (Å²) in [4.78, 5) is 23.3. The van der Waals surface area contributed by atoms with Crippen LogP contribution >= 0.6 is 15.9 Å². The molecule has 1 rings (SSSR count). The fraction of sp³-hybridized carbons (Fsp3) is 0.500. The Morgan fingerprint density at radius 3 is 2.75 bits per heavy atom. The summed E-state index contributed by atoms with van der Waals surface area (Å²) in [5.74, 6) is -1.78. The SMILES string of the molecule is O=C(O)CC(O)Cn1nc([N+](=O)[O-])nc1Br. The normalized spacial score (nSPS) is 12.4. The molecular weight excluding hydrogens is 288 g/mol. The van der Waals surface area contributed by atoms with E-state index in [0.29, 0.717) is 0 Å². The van der Waals surface area contributed by atoms with Crippen molar-refractivity contribution < 1.29 is 19.9 Å². The molecule has 1 aromatic rings. The second kappa shape index (κ2) is 4.99. The first kappa shape index (κ1) is 12.5. The molecule has 10 heteroatoms. The molecule has 0 saturated heterocycles. The van der Waals surface area contributed by atoms with Crippen LogP contribution in [0.4, 0.5) is 5.95 Å². The zero-order valence-corrected chi connectivity index (χ0v) is 9.36. The number of hydrogen-bond donors (Lipinski definition) is 2. The monoisotopic (exact) mass is 294 g/mol. The first-order valence-electron chi connectivity index (χ1n) is 4.04. The van der Waals surface area contributed by atoms with E-state index in [-0.39, 0.29) is 11.3 Å². The number of aromatic nitrogens is 3. The van der Waals surface area contributed by atoms with E-state index in [2.05, 4.69) is 26.0 Å². The van der Waals surface area contributed by atoms with Crippen molar-refractivity contribution in [2.24, 2.45) is 0 Å². The Balaban J connectivity index is 2.73. The van der Waals surface area contributed by atoms with Gasteiger partial charge in [0.1, 0.15) is 0 Å². The molecule has 1 atom stereocenters. The predicted molar refractivity (Wildman–Crippen MR) is 52.6 cm³/mol. The average Bonchev–Trinajstić information content (AvgIpc) is 2.46. The van der Waals surface area contributed by atoms with Crippen LogP contribution in [0.2, 0.25) is 0 Å². The van der Waals surface area contributed by atoms with Gasteiger partial charge in [0, 0.05) is 21.0 Å². The largest absolute Gasteiger partial charge is 0.492 e. The molecule has 9 nitrogen and oxygen atoms in total. The van der Waals surface area contributed by atoms with Gasteiger partial charge in [-0.2, -0.15) is 4.68 Å². The Labute approximate surface area is 97.0 Å². The van der Waals surface area contributed by atoms with Crippen molar-refractivity contribution in [3.05, 3.63) is 14.8 Å². The number of nitro groups is 1. The van der Waals surface area contributed by atoms with Gasteiger partial charge in [0.05, 0.1) is 19.1 Å². The van der Waals surface area contributed by atoms with E-state index < -0.39 is 29.4 Å². The van der Waals surface area contributed by atoms with Crippen LogP contribution in [-0.2, 0) is 11.3 Å². The van der Waals surface area contributed by atoms with Crippen molar-refractivity contribution >= 4 is 27.8 Å². The maximum atomic E-state index is 10.3. The van der Waals surface area contributed by atoms with Crippen LogP contribution in [0.1, 0.15) is 6.42 Å². The number of carbonyl (C=O) groups is 1. The molecule has 0 radical (unpaired) electrons. The smallest absolute Gasteiger partial charge is 0.481 e. The summed E-state index contributed by atoms with van der Waals surface area (Å²) >= 11 is 2.91. The minimum Gasteiger partial charge on any atom is -0.481 e. The van der Waals surface area contributed by atoms with Gasteiger partial charge in [0.2, 0.25) is 0 Å². The van der Waals surface area contributed by atoms with Gasteiger partial charge in [0.25, 0.3) is 4.73 Å². The summed E-state index contributed by atoms with van der Waals surface area (Å²) in [6, 6.07) is 0. The molecule has 0 aliphatic heterocycles. The fourth-order valence-electron chi connectivity index (χ4n) is 0.971. The third-order valence-electron chi connectivity index (χ3n) is 1.57. The molecule has 0 aromatic carbocycles. The Morgan fingerprint density at radius 1 is 1.69 bits per heavy atom. The summed E-state index contributed by atoms with van der Waals surface area (Å²) < 4.78 is 1.08. The number of halogens is 1. The molecule has 0 amide bonds. The number of aliphatic hydroxyl groups excluding tert-OH is 1. The Morgan fingerprint density at radius 2 is 2.31 bits per heavy atom. The average molecular weight is 295 g/mol. The van der Waals surface area contributed by atoms with Gasteiger partial charge in [-0.3, -0.25) is 4.79 Å². The summed E-state index contributed by atoms with van der Waals surface area (Å²) in [6.07, 6.45) is -1.66. The van der Waals surface area contributed by atoms with E-state index >= 15 is 0 Å². The highest BCUT2D eigenvalue weighted by atomic mass is 79.9. The summed E-state index contributed by atoms with van der Waals surface area (Å²) in [7, 11) is 0. The third kappa shape index (κ3) is 3.24. The van der Waals surface area contributed by atoms with E-state index in [1.807, 2.05) is 0 Å². The molecule has 0 aliphatic rings. The molecule has 0 bridgehead atoms. The van der Waals surface area contributed by atoms with Crippen LogP contribution in [0.25, 0.3) is 0 Å². The quantitative estimate of drug-likeness (QED) is 0.567. The number of rotatable bonds is 5. The minimum absolute atomic E-state index is 0.0589. The predicted octanol–water partition coefficient (Wildman–Crippen LogP) is -0.216. The topological polar surface area (TPSA) is 131 Å². The highest BCUT2D eigenvalue weighted by Crippen LogP contribution is 2.12. The van der Waals surface area contributed by atoms with Crippen molar-refractivity contribution in [1.82, 2.24) is 14.8 Å². The summed E-state index contributed by atoms with van der Waals surface area (Å²) in [5.41, 5.74) is 0. The van der Waals surface area contributed by atoms with Gasteiger partial charge in [-0.1, -0.05) is 0 Å². The van der Waals surface area contributed by atoms with E-state index in [1.54, 1.807) is 0 Å². The molecule has 1 heterocycles. The van der Waals surface area contributed by atoms with E-state index in [9.17, 15) is 20.0 Å². The second-order valence-electron chi connectivity index (χ2n) is 2.87. The van der Waals surface area contributed by atoms with Crippen molar-refractivity contribution in [1.29, 1.82) is 0 Å². The highest BCUT2D eigenvalue weighted by molar-refractivity contribution is 9.10. The molecule has 88 valence electrons. The lowest BCUT2D eigenvalue weighted by molar-refractivity contribution is -0.394. The van der Waals surface area contributed by atoms with Crippen LogP contribution < -0.4 is 0 Å². The molecule has 0 aliphatic carbocycles. The van der Waals surface area contributed by atoms with Crippen LogP contribution in [0.5, 0.6) is 0 Å². The lowest BCUT2D eigenvalue weighted by Gasteiger charge is -2.04. The number of nitrogens with zero attached hydrogens (tertiary/aromatic N) is 4. The summed E-state index contributed by atoms with van der Waals surface area (Å²) in [6.45, 7) is -0.187. The number of aliphatic carboxylic acids is 1. The van der Waals surface area contributed by atoms with Crippen LogP contribution in [-0.4, -0.2) is 42.0 Å². The highest BCUT2D eigenvalue weighted by Gasteiger charge is 2.22. The molecule has 2 N–H and O–H groups in total. The molecule has 0 spiro atoms. The van der Waals surface area contributed by atoms with Crippen LogP contribution in [0.3, 0.4) is 0 Å². The molecule has 1 aromatic heterocycles. The third-order valence-corrected chi connectivity index (χ3v) is 2.16. The van der Waals surface area contributed by atoms with Crippen molar-refractivity contribution in [3.8, 4) is 0 Å². The van der Waals surface area contributed by atoms with Gasteiger partial charge >= 0.3 is 11.9 Å². The Hall–Kier alpha value is -1.55. The lowest BCUT2D eigenvalue weighted by atomic mass is 10.2. The zero-order chi connectivity index (χ0) is 12.3. The van der Waals surface area contributed by atoms with Gasteiger partial charge in [-0.15, -0.1) is 0 Å². The van der Waals surface area contributed by atoms with Gasteiger partial charge in [0.15, 0.2) is 0 Å². The number of carboxylic acids is 1. The lowest BCUT2D eigenvalue weighted by Crippen LogP contribution is -2.20. The Bertz CT molecular complexity index is 419. The number of aliphatic hydroxyl groups is 1. The second-order valence-corrected chi connectivity index (χ2v) is 3.58. The molecule has 0 saturated carbocycles. The number of hydrogen-bond acceptors (Lipinski definition) is 6. The maximum absolute atomic E-state index is 10.3. The van der Waals surface area contributed by atoms with E-state index in [4.69, 9.17) is 5.11 Å². The first-order chi connectivity index (χ1) is 7.40. The van der Waals surface area contributed by atoms with Crippen molar-refractivity contribution in [3.63, 3.8) is 0 Å². The zero-order valence-electron chi connectivity index (χ0n) is 7.78. The fourth-order valence-corrected chi connectivity index (χ4v) is 1.35. The van der Waals surface area contributed by atoms with Gasteiger partial charge < -0.3 is 20.3 Å². The van der Waals surface area contributed by atoms with E-state index in [0.717, 1.165) is 4.68 Å². The Kier molecular flexibility index (Phi) is 3.90. The molecular formula is C6H7BrN4O5. The minimum atomic E-state index is -1.19. The van der Waals surface area contributed by atoms with Gasteiger partial charge in [-0.05, 0) is 9.91 Å². The van der Waals surface area contributed by atoms with Crippen LogP contribution in [0.15, 0.2) is 4.73 Å². The van der Waals surface area contributed by atoms with Crippen molar-refractivity contribution in [2.45, 2.75) is 19.1 Å². The van der Waals surface area contributed by atoms with Gasteiger partial charge in [-0.25, -0.2) is 0 Å².